The third-order valence-corrected chi connectivity index (χ3v) is 9.89. The van der Waals surface area contributed by atoms with Gasteiger partial charge in [-0.05, 0) is 112 Å². The lowest BCUT2D eigenvalue weighted by atomic mass is 9.41. The van der Waals surface area contributed by atoms with Crippen LogP contribution in [0.4, 0.5) is 0 Å². The van der Waals surface area contributed by atoms with Crippen LogP contribution in [0.2, 0.25) is 0 Å². The molecule has 4 fully saturated rings. The summed E-state index contributed by atoms with van der Waals surface area (Å²) in [4.78, 5) is 12.5. The molecule has 2 heteroatoms. The lowest BCUT2D eigenvalue weighted by molar-refractivity contribution is -0.163. The second-order valence-corrected chi connectivity index (χ2v) is 11.4. The molecule has 0 saturated heterocycles. The van der Waals surface area contributed by atoms with Crippen LogP contribution in [0.1, 0.15) is 86.0 Å². The van der Waals surface area contributed by atoms with Crippen LogP contribution in [-0.4, -0.2) is 16.5 Å². The number of Topliss-reactive ketones (excluding diaryl/α,β-unsaturated/α-hetero) is 1. The fourth-order valence-corrected chi connectivity index (χ4v) is 8.59. The molecular formula is C24H40O2. The largest absolute Gasteiger partial charge is 0.390 e. The van der Waals surface area contributed by atoms with Crippen LogP contribution < -0.4 is 0 Å². The molecule has 148 valence electrons. The van der Waals surface area contributed by atoms with Crippen molar-refractivity contribution in [1.82, 2.24) is 0 Å². The van der Waals surface area contributed by atoms with Gasteiger partial charge in [-0.3, -0.25) is 4.79 Å². The van der Waals surface area contributed by atoms with Gasteiger partial charge in [0.15, 0.2) is 0 Å². The van der Waals surface area contributed by atoms with Gasteiger partial charge < -0.3 is 5.11 Å². The highest BCUT2D eigenvalue weighted by atomic mass is 16.3. The lowest BCUT2D eigenvalue weighted by Gasteiger charge is -2.63. The van der Waals surface area contributed by atoms with Gasteiger partial charge in [0.1, 0.15) is 5.78 Å². The van der Waals surface area contributed by atoms with Gasteiger partial charge in [-0.1, -0.05) is 20.8 Å². The molecule has 10 atom stereocenters. The van der Waals surface area contributed by atoms with E-state index >= 15 is 0 Å². The first-order valence-corrected chi connectivity index (χ1v) is 11.4. The maximum absolute atomic E-state index is 12.5. The van der Waals surface area contributed by atoms with Crippen molar-refractivity contribution in [3.05, 3.63) is 0 Å². The third kappa shape index (κ3) is 2.81. The minimum atomic E-state index is -0.427. The normalized spacial score (nSPS) is 56.8. The van der Waals surface area contributed by atoms with Crippen molar-refractivity contribution in [2.24, 2.45) is 52.8 Å². The smallest absolute Gasteiger partial charge is 0.133 e. The summed E-state index contributed by atoms with van der Waals surface area (Å²) in [6.07, 6.45) is 9.56. The summed E-state index contributed by atoms with van der Waals surface area (Å²) >= 11 is 0. The quantitative estimate of drug-likeness (QED) is 0.672. The Morgan fingerprint density at radius 2 is 1.65 bits per heavy atom. The molecule has 0 heterocycles. The molecule has 0 aromatic rings. The molecule has 4 aliphatic carbocycles. The van der Waals surface area contributed by atoms with Crippen molar-refractivity contribution in [2.45, 2.75) is 91.6 Å². The molecule has 0 spiro atoms. The number of aliphatic hydroxyl groups is 1. The molecule has 4 rings (SSSR count). The van der Waals surface area contributed by atoms with Gasteiger partial charge in [0.25, 0.3) is 0 Å². The Balaban J connectivity index is 1.63. The van der Waals surface area contributed by atoms with Crippen LogP contribution in [-0.2, 0) is 4.79 Å². The van der Waals surface area contributed by atoms with Crippen LogP contribution in [0.3, 0.4) is 0 Å². The number of rotatable bonds is 1. The van der Waals surface area contributed by atoms with Crippen molar-refractivity contribution >= 4 is 5.78 Å². The number of ketones is 1. The average Bonchev–Trinajstić information content (AvgIpc) is 2.56. The number of fused-ring (bicyclic) bond motifs is 5. The van der Waals surface area contributed by atoms with Crippen LogP contribution in [0.25, 0.3) is 0 Å². The van der Waals surface area contributed by atoms with E-state index in [9.17, 15) is 9.90 Å². The van der Waals surface area contributed by atoms with Crippen molar-refractivity contribution in [3.63, 3.8) is 0 Å². The number of hydrogen-bond donors (Lipinski definition) is 1. The zero-order valence-corrected chi connectivity index (χ0v) is 17.6. The Kier molecular flexibility index (Phi) is 4.61. The van der Waals surface area contributed by atoms with Crippen LogP contribution in [0.5, 0.6) is 0 Å². The Morgan fingerprint density at radius 3 is 2.35 bits per heavy atom. The van der Waals surface area contributed by atoms with Gasteiger partial charge in [0.2, 0.25) is 0 Å². The summed E-state index contributed by atoms with van der Waals surface area (Å²) in [5, 5.41) is 10.6. The van der Waals surface area contributed by atoms with Gasteiger partial charge in [0, 0.05) is 5.92 Å². The summed E-state index contributed by atoms with van der Waals surface area (Å²) in [6.45, 7) is 11.3. The SMILES string of the molecule is CC(=O)C1C[C@H](C)[C@@H](C)[C@H]2[C@@H]3CC[C@@H]4C[C@](C)(O)CC[C@@H]4[C@H]3CC[C@]12C. The number of carbonyl (C=O) groups is 1. The second-order valence-electron chi connectivity index (χ2n) is 11.4. The zero-order chi connectivity index (χ0) is 18.9. The topological polar surface area (TPSA) is 37.3 Å². The predicted octanol–water partition coefficient (Wildman–Crippen LogP) is 5.48. The second kappa shape index (κ2) is 6.33. The Bertz CT molecular complexity index is 567. The molecule has 0 aliphatic heterocycles. The molecule has 0 bridgehead atoms. The predicted molar refractivity (Wildman–Crippen MR) is 106 cm³/mol. The van der Waals surface area contributed by atoms with E-state index in [4.69, 9.17) is 0 Å². The molecular weight excluding hydrogens is 320 g/mol. The van der Waals surface area contributed by atoms with E-state index in [0.717, 1.165) is 54.8 Å². The molecule has 0 aromatic carbocycles. The monoisotopic (exact) mass is 360 g/mol. The Labute approximate surface area is 160 Å². The average molecular weight is 361 g/mol. The molecule has 26 heavy (non-hydrogen) atoms. The zero-order valence-electron chi connectivity index (χ0n) is 17.6. The summed E-state index contributed by atoms with van der Waals surface area (Å²) in [7, 11) is 0. The standard InChI is InChI=1S/C24H40O2/c1-14-12-21(16(3)25)24(5)11-9-19-18-8-10-23(4,26)13-17(18)6-7-20(19)22(24)15(14)2/h14-15,17-22,26H,6-13H2,1-5H3/t14-,15+,17+,18-,19+,20+,21?,22-,23+,24+/m0/s1. The van der Waals surface area contributed by atoms with Gasteiger partial charge in [-0.25, -0.2) is 0 Å². The first kappa shape index (κ1) is 19.0. The fraction of sp³-hybridized carbons (Fsp3) is 0.958. The van der Waals surface area contributed by atoms with E-state index in [1.165, 1.54) is 32.1 Å². The molecule has 4 aliphatic rings. The number of carbonyl (C=O) groups excluding carboxylic acids is 1. The maximum atomic E-state index is 12.5. The molecule has 4 saturated carbocycles. The summed E-state index contributed by atoms with van der Waals surface area (Å²) in [5.41, 5.74) is -0.199. The van der Waals surface area contributed by atoms with Crippen LogP contribution in [0.15, 0.2) is 0 Å². The molecule has 0 radical (unpaired) electrons. The van der Waals surface area contributed by atoms with Gasteiger partial charge >= 0.3 is 0 Å². The fourth-order valence-electron chi connectivity index (χ4n) is 8.59. The minimum Gasteiger partial charge on any atom is -0.390 e. The lowest BCUT2D eigenvalue weighted by Crippen LogP contribution is -2.58. The maximum Gasteiger partial charge on any atom is 0.133 e. The van der Waals surface area contributed by atoms with E-state index in [-0.39, 0.29) is 11.3 Å². The first-order chi connectivity index (χ1) is 12.1. The molecule has 2 nitrogen and oxygen atoms in total. The Hall–Kier alpha value is -0.370. The van der Waals surface area contributed by atoms with Crippen molar-refractivity contribution in [3.8, 4) is 0 Å². The van der Waals surface area contributed by atoms with E-state index in [0.29, 0.717) is 11.7 Å². The molecule has 1 N–H and O–H groups in total. The van der Waals surface area contributed by atoms with E-state index in [1.54, 1.807) is 0 Å². The Morgan fingerprint density at radius 1 is 0.962 bits per heavy atom. The highest BCUT2D eigenvalue weighted by Crippen LogP contribution is 2.65. The summed E-state index contributed by atoms with van der Waals surface area (Å²) in [6, 6.07) is 0. The number of hydrogen-bond acceptors (Lipinski definition) is 2. The third-order valence-electron chi connectivity index (χ3n) is 9.89. The van der Waals surface area contributed by atoms with Crippen molar-refractivity contribution in [2.75, 3.05) is 0 Å². The van der Waals surface area contributed by atoms with Crippen LogP contribution >= 0.6 is 0 Å². The molecule has 1 unspecified atom stereocenters. The van der Waals surface area contributed by atoms with E-state index in [1.807, 2.05) is 6.92 Å². The van der Waals surface area contributed by atoms with Gasteiger partial charge in [-0.2, -0.15) is 0 Å². The van der Waals surface area contributed by atoms with Crippen LogP contribution in [0, 0.1) is 52.8 Å². The first-order valence-electron chi connectivity index (χ1n) is 11.4. The van der Waals surface area contributed by atoms with Gasteiger partial charge in [0.05, 0.1) is 5.60 Å². The van der Waals surface area contributed by atoms with Crippen molar-refractivity contribution in [1.29, 1.82) is 0 Å². The van der Waals surface area contributed by atoms with Gasteiger partial charge in [-0.15, -0.1) is 0 Å². The molecule has 0 amide bonds. The van der Waals surface area contributed by atoms with E-state index < -0.39 is 5.60 Å². The minimum absolute atomic E-state index is 0.228. The molecule has 0 aromatic heterocycles. The highest BCUT2D eigenvalue weighted by molar-refractivity contribution is 5.79. The summed E-state index contributed by atoms with van der Waals surface area (Å²) < 4.78 is 0. The highest BCUT2D eigenvalue weighted by Gasteiger charge is 2.59. The summed E-state index contributed by atoms with van der Waals surface area (Å²) in [5.74, 6) is 6.10. The van der Waals surface area contributed by atoms with E-state index in [2.05, 4.69) is 27.7 Å². The van der Waals surface area contributed by atoms with Crippen molar-refractivity contribution < 1.29 is 9.90 Å².